The maximum absolute atomic E-state index is 12.0. The van der Waals surface area contributed by atoms with E-state index in [4.69, 9.17) is 5.11 Å². The van der Waals surface area contributed by atoms with Gasteiger partial charge in [-0.1, -0.05) is 0 Å². The highest BCUT2D eigenvalue weighted by atomic mass is 32.2. The van der Waals surface area contributed by atoms with E-state index in [-0.39, 0.29) is 35.0 Å². The number of hydrogen-bond acceptors (Lipinski definition) is 7. The number of nitrogens with one attached hydrogen (secondary N) is 2. The third-order valence-electron chi connectivity index (χ3n) is 3.35. The van der Waals surface area contributed by atoms with Gasteiger partial charge in [-0.05, 0) is 18.2 Å². The average molecular weight is 337 g/mol. The summed E-state index contributed by atoms with van der Waals surface area (Å²) in [7, 11) is -3.83. The highest BCUT2D eigenvalue weighted by Gasteiger charge is 2.34. The Labute approximate surface area is 130 Å². The third-order valence-corrected chi connectivity index (χ3v) is 4.74. The number of β-amino-alcohol motifs (C(OH)–C–C–N with tert-alkyl or cyclic N) is 1. The van der Waals surface area contributed by atoms with Crippen molar-refractivity contribution >= 4 is 33.4 Å². The van der Waals surface area contributed by atoms with Crippen LogP contribution in [0.4, 0.5) is 5.69 Å². The first kappa shape index (κ1) is 15.2. The Bertz CT molecular complexity index is 874. The second-order valence-corrected chi connectivity index (χ2v) is 6.50. The summed E-state index contributed by atoms with van der Waals surface area (Å²) in [6.45, 7) is -0.473. The lowest BCUT2D eigenvalue weighted by atomic mass is 10.2. The summed E-state index contributed by atoms with van der Waals surface area (Å²) in [5.74, 6) is -1.93. The Morgan fingerprint density at radius 1 is 1.22 bits per heavy atom. The van der Waals surface area contributed by atoms with Crippen LogP contribution in [0.25, 0.3) is 0 Å². The molecule has 0 saturated heterocycles. The molecule has 1 aromatic carbocycles. The van der Waals surface area contributed by atoms with Gasteiger partial charge >= 0.3 is 0 Å². The van der Waals surface area contributed by atoms with Crippen molar-refractivity contribution in [2.75, 3.05) is 18.5 Å². The number of benzene rings is 1. The largest absolute Gasteiger partial charge is 0.395 e. The fourth-order valence-corrected chi connectivity index (χ4v) is 3.47. The van der Waals surface area contributed by atoms with Crippen molar-refractivity contribution in [1.29, 1.82) is 0 Å². The molecule has 10 heteroatoms. The maximum Gasteiger partial charge on any atom is 0.277 e. The van der Waals surface area contributed by atoms with E-state index in [0.29, 0.717) is 0 Å². The van der Waals surface area contributed by atoms with E-state index in [1.165, 1.54) is 18.2 Å². The third kappa shape index (κ3) is 2.47. The minimum Gasteiger partial charge on any atom is -0.395 e. The molecule has 0 saturated carbocycles. The molecule has 3 N–H and O–H groups in total. The molecule has 3 rings (SSSR count). The second kappa shape index (κ2) is 5.18. The van der Waals surface area contributed by atoms with Crippen LogP contribution >= 0.6 is 0 Å². The number of carbonyl (C=O) groups is 3. The van der Waals surface area contributed by atoms with Gasteiger partial charge in [0.15, 0.2) is 0 Å². The summed E-state index contributed by atoms with van der Waals surface area (Å²) in [6, 6.07) is 3.89. The molecule has 0 spiro atoms. The number of rotatable bonds is 4. The summed E-state index contributed by atoms with van der Waals surface area (Å²) in [5, 5.41) is 11.5. The molecule has 0 aromatic heterocycles. The Balaban J connectivity index is 1.87. The van der Waals surface area contributed by atoms with E-state index in [0.717, 1.165) is 11.0 Å². The van der Waals surface area contributed by atoms with Gasteiger partial charge in [0, 0.05) is 11.8 Å². The molecule has 0 unspecified atom stereocenters. The number of hydrogen-bond donors (Lipinski definition) is 3. The molecule has 2 aliphatic heterocycles. The van der Waals surface area contributed by atoms with Crippen LogP contribution in [-0.4, -0.2) is 49.3 Å². The first-order valence-corrected chi connectivity index (χ1v) is 7.98. The summed E-state index contributed by atoms with van der Waals surface area (Å²) in [5.41, 5.74) is 0.221. The van der Waals surface area contributed by atoms with Crippen LogP contribution in [-0.2, 0) is 19.6 Å². The molecule has 0 bridgehead atoms. The number of sulfonamides is 1. The maximum atomic E-state index is 12.0. The SMILES string of the molecule is O=C1NS(=O)(=O)c2ccc(NC3=CC(=O)N(CCO)C3=O)cc21. The fourth-order valence-electron chi connectivity index (χ4n) is 2.32. The molecule has 0 atom stereocenters. The lowest BCUT2D eigenvalue weighted by Crippen LogP contribution is -2.34. The molecule has 3 amide bonds. The normalized spacial score (nSPS) is 18.7. The topological polar surface area (TPSA) is 133 Å². The number of aliphatic hydroxyl groups is 1. The Morgan fingerprint density at radius 2 is 1.96 bits per heavy atom. The van der Waals surface area contributed by atoms with Crippen LogP contribution in [0, 0.1) is 0 Å². The van der Waals surface area contributed by atoms with Gasteiger partial charge in [-0.15, -0.1) is 0 Å². The zero-order chi connectivity index (χ0) is 16.8. The van der Waals surface area contributed by atoms with Crippen molar-refractivity contribution in [1.82, 2.24) is 9.62 Å². The lowest BCUT2D eigenvalue weighted by Gasteiger charge is -2.13. The predicted molar refractivity (Wildman–Crippen MR) is 76.6 cm³/mol. The summed E-state index contributed by atoms with van der Waals surface area (Å²) < 4.78 is 25.1. The highest BCUT2D eigenvalue weighted by molar-refractivity contribution is 7.90. The van der Waals surface area contributed by atoms with Crippen LogP contribution in [0.5, 0.6) is 0 Å². The van der Waals surface area contributed by atoms with Gasteiger partial charge in [0.2, 0.25) is 0 Å². The molecule has 0 radical (unpaired) electrons. The molecule has 9 nitrogen and oxygen atoms in total. The van der Waals surface area contributed by atoms with Gasteiger partial charge in [0.25, 0.3) is 27.7 Å². The second-order valence-electron chi connectivity index (χ2n) is 4.85. The summed E-state index contributed by atoms with van der Waals surface area (Å²) in [6.07, 6.45) is 1.07. The number of fused-ring (bicyclic) bond motifs is 1. The zero-order valence-electron chi connectivity index (χ0n) is 11.6. The zero-order valence-corrected chi connectivity index (χ0v) is 12.4. The Kier molecular flexibility index (Phi) is 3.42. The molecule has 0 fully saturated rings. The molecular weight excluding hydrogens is 326 g/mol. The van der Waals surface area contributed by atoms with E-state index in [2.05, 4.69) is 5.32 Å². The van der Waals surface area contributed by atoms with E-state index < -0.39 is 27.7 Å². The minimum absolute atomic E-state index is 0.0235. The van der Waals surface area contributed by atoms with Gasteiger partial charge in [-0.3, -0.25) is 19.3 Å². The molecule has 2 aliphatic rings. The monoisotopic (exact) mass is 337 g/mol. The number of imide groups is 1. The molecule has 120 valence electrons. The van der Waals surface area contributed by atoms with Crippen LogP contribution in [0.1, 0.15) is 10.4 Å². The van der Waals surface area contributed by atoms with Crippen molar-refractivity contribution in [3.63, 3.8) is 0 Å². The van der Waals surface area contributed by atoms with Crippen molar-refractivity contribution in [2.45, 2.75) is 4.90 Å². The number of anilines is 1. The Hall–Kier alpha value is -2.72. The van der Waals surface area contributed by atoms with Crippen molar-refractivity contribution in [3.8, 4) is 0 Å². The Morgan fingerprint density at radius 3 is 2.65 bits per heavy atom. The van der Waals surface area contributed by atoms with Gasteiger partial charge < -0.3 is 10.4 Å². The van der Waals surface area contributed by atoms with E-state index in [1.54, 1.807) is 0 Å². The number of amides is 3. The number of carbonyl (C=O) groups excluding carboxylic acids is 3. The molecule has 23 heavy (non-hydrogen) atoms. The first-order valence-electron chi connectivity index (χ1n) is 6.50. The van der Waals surface area contributed by atoms with Crippen LogP contribution in [0.15, 0.2) is 34.9 Å². The van der Waals surface area contributed by atoms with Gasteiger partial charge in [-0.25, -0.2) is 13.1 Å². The molecule has 1 aromatic rings. The fraction of sp³-hybridized carbons (Fsp3) is 0.154. The van der Waals surface area contributed by atoms with Crippen LogP contribution in [0.3, 0.4) is 0 Å². The highest BCUT2D eigenvalue weighted by Crippen LogP contribution is 2.26. The molecule has 0 aliphatic carbocycles. The number of aliphatic hydroxyl groups excluding tert-OH is 1. The predicted octanol–water partition coefficient (Wildman–Crippen LogP) is -1.22. The minimum atomic E-state index is -3.83. The van der Waals surface area contributed by atoms with Crippen LogP contribution in [0.2, 0.25) is 0 Å². The van der Waals surface area contributed by atoms with Crippen molar-refractivity contribution in [3.05, 3.63) is 35.5 Å². The summed E-state index contributed by atoms with van der Waals surface area (Å²) in [4.78, 5) is 36.0. The standard InChI is InChI=1S/C13H11N3O6S/c17-4-3-16-11(18)6-9(13(16)20)14-7-1-2-10-8(5-7)12(19)15-23(10,21)22/h1-2,5-6,14,17H,3-4H2,(H,15,19). The number of nitrogens with zero attached hydrogens (tertiary/aromatic N) is 1. The summed E-state index contributed by atoms with van der Waals surface area (Å²) >= 11 is 0. The van der Waals surface area contributed by atoms with Crippen LogP contribution < -0.4 is 10.0 Å². The first-order chi connectivity index (χ1) is 10.8. The smallest absolute Gasteiger partial charge is 0.277 e. The quantitative estimate of drug-likeness (QED) is 0.586. The molecule has 2 heterocycles. The average Bonchev–Trinajstić information content (AvgIpc) is 2.87. The van der Waals surface area contributed by atoms with Crippen molar-refractivity contribution in [2.24, 2.45) is 0 Å². The molecular formula is C13H11N3O6S. The lowest BCUT2D eigenvalue weighted by molar-refractivity contribution is -0.137. The van der Waals surface area contributed by atoms with E-state index in [9.17, 15) is 22.8 Å². The van der Waals surface area contributed by atoms with Gasteiger partial charge in [0.05, 0.1) is 18.7 Å². The van der Waals surface area contributed by atoms with E-state index in [1.807, 2.05) is 4.72 Å². The van der Waals surface area contributed by atoms with Gasteiger partial charge in [0.1, 0.15) is 10.6 Å². The van der Waals surface area contributed by atoms with E-state index >= 15 is 0 Å². The van der Waals surface area contributed by atoms with Crippen molar-refractivity contribution < 1.29 is 27.9 Å². The van der Waals surface area contributed by atoms with Gasteiger partial charge in [-0.2, -0.15) is 0 Å².